The highest BCUT2D eigenvalue weighted by Crippen LogP contribution is 2.29. The molecule has 3 heteroatoms. The van der Waals surface area contributed by atoms with E-state index in [1.165, 1.54) is 5.56 Å². The summed E-state index contributed by atoms with van der Waals surface area (Å²) in [6.07, 6.45) is 2.61. The molecule has 1 aliphatic rings. The van der Waals surface area contributed by atoms with Crippen LogP contribution in [0.2, 0.25) is 5.02 Å². The zero-order chi connectivity index (χ0) is 15.7. The average Bonchev–Trinajstić information content (AvgIpc) is 2.46. The van der Waals surface area contributed by atoms with Crippen LogP contribution >= 0.6 is 11.6 Å². The van der Waals surface area contributed by atoms with Crippen molar-refractivity contribution in [2.45, 2.75) is 25.8 Å². The molecule has 3 rings (SSSR count). The number of benzene rings is 2. The van der Waals surface area contributed by atoms with Crippen molar-refractivity contribution in [3.05, 3.63) is 76.3 Å². The standard InChI is InChI=1S/C19H18ClNO/c1-19(2)12-14-6-3-4-9-16(14)17(21-19)11-18(22)13-7-5-8-15(20)10-13/h3-11,21H,12H2,1-2H3. The monoisotopic (exact) mass is 311 g/mol. The van der Waals surface area contributed by atoms with E-state index in [0.29, 0.717) is 10.6 Å². The second kappa shape index (κ2) is 5.62. The van der Waals surface area contributed by atoms with Crippen LogP contribution in [0.1, 0.15) is 35.3 Å². The Morgan fingerprint density at radius 3 is 2.73 bits per heavy atom. The minimum absolute atomic E-state index is 0.0440. The van der Waals surface area contributed by atoms with Crippen LogP contribution in [0.3, 0.4) is 0 Å². The molecular weight excluding hydrogens is 294 g/mol. The first-order valence-corrected chi connectivity index (χ1v) is 7.70. The summed E-state index contributed by atoms with van der Waals surface area (Å²) in [4.78, 5) is 12.5. The Morgan fingerprint density at radius 2 is 1.95 bits per heavy atom. The predicted octanol–water partition coefficient (Wildman–Crippen LogP) is 4.49. The molecule has 1 N–H and O–H groups in total. The molecule has 0 fully saturated rings. The van der Waals surface area contributed by atoms with Gasteiger partial charge in [-0.05, 0) is 38.0 Å². The lowest BCUT2D eigenvalue weighted by molar-refractivity contribution is 0.104. The van der Waals surface area contributed by atoms with Gasteiger partial charge in [0.05, 0.1) is 0 Å². The summed E-state index contributed by atoms with van der Waals surface area (Å²) >= 11 is 5.97. The van der Waals surface area contributed by atoms with Gasteiger partial charge in [0.15, 0.2) is 5.78 Å². The van der Waals surface area contributed by atoms with Crippen molar-refractivity contribution in [2.75, 3.05) is 0 Å². The smallest absolute Gasteiger partial charge is 0.187 e. The molecule has 0 unspecified atom stereocenters. The van der Waals surface area contributed by atoms with E-state index in [1.54, 1.807) is 30.3 Å². The van der Waals surface area contributed by atoms with Gasteiger partial charge in [-0.15, -0.1) is 0 Å². The number of hydrogen-bond acceptors (Lipinski definition) is 2. The third-order valence-electron chi connectivity index (χ3n) is 3.80. The van der Waals surface area contributed by atoms with Gasteiger partial charge in [-0.3, -0.25) is 4.79 Å². The Kier molecular flexibility index (Phi) is 3.79. The van der Waals surface area contributed by atoms with E-state index in [-0.39, 0.29) is 11.3 Å². The molecule has 112 valence electrons. The van der Waals surface area contributed by atoms with Crippen molar-refractivity contribution < 1.29 is 4.79 Å². The number of carbonyl (C=O) groups is 1. The van der Waals surface area contributed by atoms with E-state index >= 15 is 0 Å². The minimum Gasteiger partial charge on any atom is -0.379 e. The summed E-state index contributed by atoms with van der Waals surface area (Å²) in [5.41, 5.74) is 3.75. The molecule has 0 spiro atoms. The van der Waals surface area contributed by atoms with Crippen LogP contribution in [0.4, 0.5) is 0 Å². The van der Waals surface area contributed by atoms with Crippen LogP contribution in [-0.4, -0.2) is 11.3 Å². The summed E-state index contributed by atoms with van der Waals surface area (Å²) in [6, 6.07) is 15.2. The highest BCUT2D eigenvalue weighted by Gasteiger charge is 2.27. The van der Waals surface area contributed by atoms with Crippen LogP contribution in [0.5, 0.6) is 0 Å². The Labute approximate surface area is 135 Å². The van der Waals surface area contributed by atoms with Crippen molar-refractivity contribution in [1.29, 1.82) is 0 Å². The van der Waals surface area contributed by atoms with Gasteiger partial charge in [-0.25, -0.2) is 0 Å². The Morgan fingerprint density at radius 1 is 1.18 bits per heavy atom. The number of carbonyl (C=O) groups excluding carboxylic acids is 1. The molecule has 0 bridgehead atoms. The summed E-state index contributed by atoms with van der Waals surface area (Å²) < 4.78 is 0. The summed E-state index contributed by atoms with van der Waals surface area (Å²) in [7, 11) is 0. The van der Waals surface area contributed by atoms with Crippen LogP contribution in [0, 0.1) is 0 Å². The maximum Gasteiger partial charge on any atom is 0.187 e. The first kappa shape index (κ1) is 14.9. The molecule has 2 nitrogen and oxygen atoms in total. The number of allylic oxidation sites excluding steroid dienone is 1. The lowest BCUT2D eigenvalue weighted by atomic mass is 9.85. The molecule has 1 aliphatic heterocycles. The lowest BCUT2D eigenvalue weighted by Crippen LogP contribution is -2.43. The summed E-state index contributed by atoms with van der Waals surface area (Å²) in [6.45, 7) is 4.28. The maximum absolute atomic E-state index is 12.5. The lowest BCUT2D eigenvalue weighted by Gasteiger charge is -2.35. The van der Waals surface area contributed by atoms with Crippen molar-refractivity contribution >= 4 is 23.1 Å². The first-order chi connectivity index (χ1) is 10.4. The van der Waals surface area contributed by atoms with Gasteiger partial charge >= 0.3 is 0 Å². The minimum atomic E-state index is -0.0746. The van der Waals surface area contributed by atoms with Gasteiger partial charge in [0.1, 0.15) is 0 Å². The van der Waals surface area contributed by atoms with E-state index in [0.717, 1.165) is 17.7 Å². The zero-order valence-electron chi connectivity index (χ0n) is 12.7. The number of fused-ring (bicyclic) bond motifs is 1. The molecule has 2 aromatic carbocycles. The summed E-state index contributed by atoms with van der Waals surface area (Å²) in [5, 5.41) is 4.04. The van der Waals surface area contributed by atoms with E-state index in [2.05, 4.69) is 31.3 Å². The number of hydrogen-bond donors (Lipinski definition) is 1. The molecule has 0 atom stereocenters. The van der Waals surface area contributed by atoms with E-state index in [9.17, 15) is 4.79 Å². The van der Waals surface area contributed by atoms with Gasteiger partial charge in [0.2, 0.25) is 0 Å². The normalized spacial score (nSPS) is 17.7. The molecule has 0 aromatic heterocycles. The fourth-order valence-electron chi connectivity index (χ4n) is 2.86. The van der Waals surface area contributed by atoms with Crippen molar-refractivity contribution in [1.82, 2.24) is 5.32 Å². The molecule has 1 heterocycles. The maximum atomic E-state index is 12.5. The molecule has 0 amide bonds. The molecular formula is C19H18ClNO. The second-order valence-corrected chi connectivity index (χ2v) is 6.71. The Bertz CT molecular complexity index is 762. The van der Waals surface area contributed by atoms with Gasteiger partial charge in [0.25, 0.3) is 0 Å². The van der Waals surface area contributed by atoms with E-state index in [4.69, 9.17) is 11.6 Å². The largest absolute Gasteiger partial charge is 0.379 e. The Hall–Kier alpha value is -2.06. The molecule has 0 radical (unpaired) electrons. The number of ketones is 1. The highest BCUT2D eigenvalue weighted by molar-refractivity contribution is 6.31. The van der Waals surface area contributed by atoms with E-state index in [1.807, 2.05) is 12.1 Å². The number of nitrogens with one attached hydrogen (secondary N) is 1. The molecule has 0 aliphatic carbocycles. The second-order valence-electron chi connectivity index (χ2n) is 6.28. The topological polar surface area (TPSA) is 29.1 Å². The average molecular weight is 312 g/mol. The molecule has 2 aromatic rings. The van der Waals surface area contributed by atoms with Crippen molar-refractivity contribution in [3.8, 4) is 0 Å². The van der Waals surface area contributed by atoms with Crippen LogP contribution in [0.25, 0.3) is 5.70 Å². The Balaban J connectivity index is 2.01. The zero-order valence-corrected chi connectivity index (χ0v) is 13.4. The quantitative estimate of drug-likeness (QED) is 0.654. The summed E-state index contributed by atoms with van der Waals surface area (Å²) in [5.74, 6) is -0.0440. The fraction of sp³-hybridized carbons (Fsp3) is 0.211. The number of halogens is 1. The fourth-order valence-corrected chi connectivity index (χ4v) is 3.05. The van der Waals surface area contributed by atoms with Gasteiger partial charge in [-0.2, -0.15) is 0 Å². The third kappa shape index (κ3) is 3.07. The van der Waals surface area contributed by atoms with Crippen molar-refractivity contribution in [2.24, 2.45) is 0 Å². The van der Waals surface area contributed by atoms with Gasteiger partial charge in [-0.1, -0.05) is 48.0 Å². The van der Waals surface area contributed by atoms with Crippen LogP contribution < -0.4 is 5.32 Å². The van der Waals surface area contributed by atoms with Gasteiger partial charge < -0.3 is 5.32 Å². The SMILES string of the molecule is CC1(C)Cc2ccccc2C(=CC(=O)c2cccc(Cl)c2)N1. The predicted molar refractivity (Wildman–Crippen MR) is 91.1 cm³/mol. The molecule has 22 heavy (non-hydrogen) atoms. The molecule has 0 saturated heterocycles. The van der Waals surface area contributed by atoms with E-state index < -0.39 is 0 Å². The number of rotatable bonds is 2. The first-order valence-electron chi connectivity index (χ1n) is 7.33. The van der Waals surface area contributed by atoms with Gasteiger partial charge in [0, 0.05) is 33.5 Å². The third-order valence-corrected chi connectivity index (χ3v) is 4.03. The van der Waals surface area contributed by atoms with Crippen molar-refractivity contribution in [3.63, 3.8) is 0 Å². The van der Waals surface area contributed by atoms with Crippen LogP contribution in [0.15, 0.2) is 54.6 Å². The van der Waals surface area contributed by atoms with Crippen LogP contribution in [-0.2, 0) is 6.42 Å². The molecule has 0 saturated carbocycles. The highest BCUT2D eigenvalue weighted by atomic mass is 35.5.